The Labute approximate surface area is 120 Å². The lowest BCUT2D eigenvalue weighted by atomic mass is 10.0. The van der Waals surface area contributed by atoms with E-state index in [1.165, 1.54) is 12.5 Å². The number of aliphatic carboxylic acids is 1. The minimum atomic E-state index is -0.713. The molecule has 1 rings (SSSR count). The lowest BCUT2D eigenvalue weighted by Crippen LogP contribution is -2.07. The number of hydrogen-bond donors (Lipinski definition) is 1. The quantitative estimate of drug-likeness (QED) is 0.839. The van der Waals surface area contributed by atoms with Gasteiger partial charge in [0.2, 0.25) is 0 Å². The highest BCUT2D eigenvalue weighted by atomic mass is 16.5. The highest BCUT2D eigenvalue weighted by Crippen LogP contribution is 2.14. The van der Waals surface area contributed by atoms with Crippen LogP contribution in [0.1, 0.15) is 45.6 Å². The molecule has 0 saturated heterocycles. The zero-order chi connectivity index (χ0) is 15.5. The summed E-state index contributed by atoms with van der Waals surface area (Å²) in [6.07, 6.45) is 0.278. The van der Waals surface area contributed by atoms with E-state index in [1.807, 2.05) is 51.1 Å². The maximum Gasteiger partial charge on any atom is 0.303 e. The van der Waals surface area contributed by atoms with Gasteiger partial charge in [-0.25, -0.2) is 0 Å². The Bertz CT molecular complexity index is 398. The Morgan fingerprint density at radius 1 is 1.15 bits per heavy atom. The second kappa shape index (κ2) is 10.0. The summed E-state index contributed by atoms with van der Waals surface area (Å²) in [5.74, 6) is -0.389. The number of esters is 1. The van der Waals surface area contributed by atoms with Crippen molar-refractivity contribution in [2.24, 2.45) is 5.92 Å². The van der Waals surface area contributed by atoms with Gasteiger partial charge >= 0.3 is 11.9 Å². The number of carboxylic acids is 1. The van der Waals surface area contributed by atoms with E-state index in [0.717, 1.165) is 0 Å². The molecule has 1 N–H and O–H groups in total. The number of benzene rings is 1. The van der Waals surface area contributed by atoms with Gasteiger partial charge in [-0.15, -0.1) is 0 Å². The lowest BCUT2D eigenvalue weighted by Gasteiger charge is -2.10. The van der Waals surface area contributed by atoms with Crippen molar-refractivity contribution in [3.8, 4) is 0 Å². The molecule has 0 bridgehead atoms. The average Bonchev–Trinajstić information content (AvgIpc) is 2.36. The highest BCUT2D eigenvalue weighted by molar-refractivity contribution is 5.66. The summed E-state index contributed by atoms with van der Waals surface area (Å²) in [5.41, 5.74) is 1.20. The fraction of sp³-hybridized carbons (Fsp3) is 0.500. The smallest absolute Gasteiger partial charge is 0.303 e. The third-order valence-corrected chi connectivity index (χ3v) is 2.49. The predicted molar refractivity (Wildman–Crippen MR) is 78.6 cm³/mol. The third-order valence-electron chi connectivity index (χ3n) is 2.49. The largest absolute Gasteiger partial charge is 0.481 e. The molecule has 0 spiro atoms. The molecule has 0 aliphatic heterocycles. The van der Waals surface area contributed by atoms with Crippen molar-refractivity contribution >= 4 is 11.9 Å². The van der Waals surface area contributed by atoms with E-state index in [0.29, 0.717) is 6.61 Å². The Hall–Kier alpha value is -1.84. The van der Waals surface area contributed by atoms with E-state index in [4.69, 9.17) is 9.84 Å². The summed E-state index contributed by atoms with van der Waals surface area (Å²) in [4.78, 5) is 20.4. The van der Waals surface area contributed by atoms with Crippen LogP contribution in [0.4, 0.5) is 0 Å². The molecule has 0 fully saturated rings. The second-order valence-electron chi connectivity index (χ2n) is 5.11. The molecule has 4 nitrogen and oxygen atoms in total. The molecule has 0 saturated carbocycles. The first-order valence-corrected chi connectivity index (χ1v) is 6.73. The number of carboxylic acid groups (broad SMARTS) is 1. The van der Waals surface area contributed by atoms with Crippen molar-refractivity contribution in [1.29, 1.82) is 0 Å². The number of carbonyl (C=O) groups is 2. The van der Waals surface area contributed by atoms with E-state index >= 15 is 0 Å². The molecule has 0 heterocycles. The van der Waals surface area contributed by atoms with E-state index in [9.17, 15) is 9.59 Å². The summed E-state index contributed by atoms with van der Waals surface area (Å²) in [6.45, 7) is 7.69. The van der Waals surface area contributed by atoms with Gasteiger partial charge in [0.05, 0.1) is 6.61 Å². The van der Waals surface area contributed by atoms with Gasteiger partial charge in [0.15, 0.2) is 0 Å². The molecular formula is C16H24O4. The lowest BCUT2D eigenvalue weighted by molar-refractivity contribution is -0.141. The first-order chi connectivity index (χ1) is 9.32. The average molecular weight is 280 g/mol. The first-order valence-electron chi connectivity index (χ1n) is 6.73. The van der Waals surface area contributed by atoms with E-state index < -0.39 is 5.97 Å². The minimum absolute atomic E-state index is 0.220. The molecular weight excluding hydrogens is 256 g/mol. The second-order valence-corrected chi connectivity index (χ2v) is 5.11. The Morgan fingerprint density at radius 3 is 2.05 bits per heavy atom. The molecule has 0 aliphatic rings. The fourth-order valence-corrected chi connectivity index (χ4v) is 1.47. The van der Waals surface area contributed by atoms with Crippen molar-refractivity contribution in [3.05, 3.63) is 35.9 Å². The minimum Gasteiger partial charge on any atom is -0.481 e. The van der Waals surface area contributed by atoms with Crippen LogP contribution in [0.5, 0.6) is 0 Å². The SMILES string of the molecule is CC(=O)OCC(C)c1ccccc1.CC(C)CC(=O)O. The van der Waals surface area contributed by atoms with Gasteiger partial charge in [-0.1, -0.05) is 51.1 Å². The van der Waals surface area contributed by atoms with Gasteiger partial charge in [0, 0.05) is 19.3 Å². The topological polar surface area (TPSA) is 63.6 Å². The van der Waals surface area contributed by atoms with Crippen molar-refractivity contribution in [1.82, 2.24) is 0 Å². The van der Waals surface area contributed by atoms with Crippen LogP contribution in [-0.2, 0) is 14.3 Å². The van der Waals surface area contributed by atoms with Crippen molar-refractivity contribution in [2.75, 3.05) is 6.61 Å². The number of carbonyl (C=O) groups excluding carboxylic acids is 1. The molecule has 0 amide bonds. The molecule has 0 aliphatic carbocycles. The molecule has 1 atom stereocenters. The maximum absolute atomic E-state index is 10.6. The van der Waals surface area contributed by atoms with E-state index in [-0.39, 0.29) is 24.2 Å². The molecule has 0 radical (unpaired) electrons. The molecule has 1 aromatic rings. The van der Waals surface area contributed by atoms with Gasteiger partial charge in [-0.2, -0.15) is 0 Å². The van der Waals surface area contributed by atoms with Crippen LogP contribution in [0, 0.1) is 5.92 Å². The van der Waals surface area contributed by atoms with Crippen LogP contribution in [-0.4, -0.2) is 23.7 Å². The maximum atomic E-state index is 10.6. The molecule has 4 heteroatoms. The molecule has 1 unspecified atom stereocenters. The van der Waals surface area contributed by atoms with Gasteiger partial charge in [0.25, 0.3) is 0 Å². The van der Waals surface area contributed by atoms with Crippen LogP contribution in [0.2, 0.25) is 0 Å². The Kier molecular flexibility index (Phi) is 9.09. The van der Waals surface area contributed by atoms with Crippen molar-refractivity contribution < 1.29 is 19.4 Å². The van der Waals surface area contributed by atoms with Gasteiger partial charge < -0.3 is 9.84 Å². The zero-order valence-electron chi connectivity index (χ0n) is 12.6. The summed E-state index contributed by atoms with van der Waals surface area (Å²) in [5, 5.41) is 8.08. The predicted octanol–water partition coefficient (Wildman–Crippen LogP) is 3.47. The standard InChI is InChI=1S/C11H14O2.C5H10O2/c1-9(8-13-10(2)12)11-6-4-3-5-7-11;1-4(2)3-5(6)7/h3-7,9H,8H2,1-2H3;4H,3H2,1-2H3,(H,6,7). The number of ether oxygens (including phenoxy) is 1. The third kappa shape index (κ3) is 10.1. The van der Waals surface area contributed by atoms with Crippen LogP contribution < -0.4 is 0 Å². The number of rotatable bonds is 5. The summed E-state index contributed by atoms with van der Waals surface area (Å²) in [6, 6.07) is 10.0. The summed E-state index contributed by atoms with van der Waals surface area (Å²) < 4.78 is 4.92. The van der Waals surface area contributed by atoms with Gasteiger partial charge in [-0.05, 0) is 11.5 Å². The van der Waals surface area contributed by atoms with Crippen LogP contribution in [0.3, 0.4) is 0 Å². The van der Waals surface area contributed by atoms with Crippen LogP contribution in [0.25, 0.3) is 0 Å². The molecule has 1 aromatic carbocycles. The van der Waals surface area contributed by atoms with Crippen LogP contribution in [0.15, 0.2) is 30.3 Å². The molecule has 0 aromatic heterocycles. The Balaban J connectivity index is 0.000000441. The monoisotopic (exact) mass is 280 g/mol. The van der Waals surface area contributed by atoms with Gasteiger partial charge in [0.1, 0.15) is 0 Å². The Morgan fingerprint density at radius 2 is 1.70 bits per heavy atom. The van der Waals surface area contributed by atoms with Crippen LogP contribution >= 0.6 is 0 Å². The van der Waals surface area contributed by atoms with E-state index in [2.05, 4.69) is 0 Å². The highest BCUT2D eigenvalue weighted by Gasteiger charge is 2.05. The normalized spacial score (nSPS) is 11.2. The summed E-state index contributed by atoms with van der Waals surface area (Å²) >= 11 is 0. The molecule has 20 heavy (non-hydrogen) atoms. The van der Waals surface area contributed by atoms with Crippen molar-refractivity contribution in [3.63, 3.8) is 0 Å². The van der Waals surface area contributed by atoms with E-state index in [1.54, 1.807) is 0 Å². The first kappa shape index (κ1) is 18.2. The van der Waals surface area contributed by atoms with Gasteiger partial charge in [-0.3, -0.25) is 9.59 Å². The van der Waals surface area contributed by atoms with Crippen molar-refractivity contribution in [2.45, 2.75) is 40.0 Å². The summed E-state index contributed by atoms with van der Waals surface area (Å²) in [7, 11) is 0. The number of hydrogen-bond acceptors (Lipinski definition) is 3. The zero-order valence-corrected chi connectivity index (χ0v) is 12.6. The fourth-order valence-electron chi connectivity index (χ4n) is 1.47. The molecule has 112 valence electrons.